The van der Waals surface area contributed by atoms with Crippen LogP contribution in [0.3, 0.4) is 0 Å². The number of nitrogens with one attached hydrogen (secondary N) is 1. The Morgan fingerprint density at radius 1 is 1.65 bits per heavy atom. The van der Waals surface area contributed by atoms with Gasteiger partial charge in [0.25, 0.3) is 10.0 Å². The van der Waals surface area contributed by atoms with E-state index in [4.69, 9.17) is 10.2 Å². The summed E-state index contributed by atoms with van der Waals surface area (Å²) < 4.78 is 26.1. The minimum Gasteiger partial charge on any atom is -0.480 e. The maximum absolute atomic E-state index is 11.8. The molecule has 17 heavy (non-hydrogen) atoms. The van der Waals surface area contributed by atoms with Gasteiger partial charge in [0.15, 0.2) is 0 Å². The number of carbonyl (C=O) groups is 1. The first-order chi connectivity index (χ1) is 7.77. The van der Waals surface area contributed by atoms with Gasteiger partial charge in [-0.05, 0) is 34.5 Å². The van der Waals surface area contributed by atoms with Crippen molar-refractivity contribution in [1.82, 2.24) is 4.72 Å². The summed E-state index contributed by atoms with van der Waals surface area (Å²) >= 11 is 4.16. The number of thiophene rings is 1. The zero-order valence-corrected chi connectivity index (χ0v) is 11.9. The fourth-order valence-electron chi connectivity index (χ4n) is 0.975. The summed E-state index contributed by atoms with van der Waals surface area (Å²) in [7, 11) is -3.92. The number of hydrogen-bond donors (Lipinski definition) is 3. The Kier molecular flexibility index (Phi) is 4.67. The van der Waals surface area contributed by atoms with Crippen LogP contribution in [0.1, 0.15) is 5.56 Å². The lowest BCUT2D eigenvalue weighted by molar-refractivity contribution is -0.139. The Morgan fingerprint density at radius 2 is 2.24 bits per heavy atom. The zero-order chi connectivity index (χ0) is 13.2. The summed E-state index contributed by atoms with van der Waals surface area (Å²) in [4.78, 5) is 10.6. The number of rotatable bonds is 5. The average molecular weight is 344 g/mol. The highest BCUT2D eigenvalue weighted by atomic mass is 79.9. The summed E-state index contributed by atoms with van der Waals surface area (Å²) in [6.07, 6.45) is 0. The minimum absolute atomic E-state index is 0.00146. The zero-order valence-electron chi connectivity index (χ0n) is 8.68. The van der Waals surface area contributed by atoms with Gasteiger partial charge in [0, 0.05) is 0 Å². The van der Waals surface area contributed by atoms with E-state index in [1.54, 1.807) is 6.92 Å². The van der Waals surface area contributed by atoms with E-state index >= 15 is 0 Å². The number of sulfonamides is 1. The van der Waals surface area contributed by atoms with Gasteiger partial charge in [-0.1, -0.05) is 0 Å². The lowest BCUT2D eigenvalue weighted by Gasteiger charge is -2.10. The Hall–Kier alpha value is -0.480. The number of carboxylic acids is 1. The molecular weight excluding hydrogens is 334 g/mol. The number of aryl methyl sites for hydroxylation is 1. The molecule has 1 rings (SSSR count). The summed E-state index contributed by atoms with van der Waals surface area (Å²) in [6.45, 7) is 0.917. The SMILES string of the molecule is Cc1cc(S(=O)(=O)N[C@H](CO)C(=O)O)sc1Br. The molecule has 96 valence electrons. The molecule has 1 aromatic rings. The van der Waals surface area contributed by atoms with Gasteiger partial charge in [-0.3, -0.25) is 4.79 Å². The second kappa shape index (κ2) is 5.44. The van der Waals surface area contributed by atoms with Crippen LogP contribution >= 0.6 is 27.3 Å². The van der Waals surface area contributed by atoms with Crippen LogP contribution in [0.4, 0.5) is 0 Å². The molecule has 0 aromatic carbocycles. The molecule has 0 fully saturated rings. The molecule has 0 spiro atoms. The summed E-state index contributed by atoms with van der Waals surface area (Å²) in [5.74, 6) is -1.43. The van der Waals surface area contributed by atoms with E-state index in [1.807, 2.05) is 4.72 Å². The van der Waals surface area contributed by atoms with Crippen molar-refractivity contribution in [3.8, 4) is 0 Å². The van der Waals surface area contributed by atoms with Gasteiger partial charge in [0.2, 0.25) is 0 Å². The van der Waals surface area contributed by atoms with Crippen LogP contribution in [0.15, 0.2) is 14.1 Å². The third-order valence-electron chi connectivity index (χ3n) is 1.88. The number of hydrogen-bond acceptors (Lipinski definition) is 5. The highest BCUT2D eigenvalue weighted by Gasteiger charge is 2.26. The van der Waals surface area contributed by atoms with Crippen LogP contribution < -0.4 is 4.72 Å². The monoisotopic (exact) mass is 343 g/mol. The largest absolute Gasteiger partial charge is 0.480 e. The maximum atomic E-state index is 11.8. The second-order valence-electron chi connectivity index (χ2n) is 3.22. The number of carboxylic acid groups (broad SMARTS) is 1. The molecular formula is C8H10BrNO5S2. The standard InChI is InChI=1S/C8H10BrNO5S2/c1-4-2-6(16-7(4)9)17(14,15)10-5(3-11)8(12)13/h2,5,10-11H,3H2,1H3,(H,12,13)/t5-/m1/s1. The van der Waals surface area contributed by atoms with Crippen LogP contribution in [0.5, 0.6) is 0 Å². The topological polar surface area (TPSA) is 104 Å². The Labute approximate surface area is 110 Å². The van der Waals surface area contributed by atoms with Crippen LogP contribution in [0.25, 0.3) is 0 Å². The van der Waals surface area contributed by atoms with Crippen LogP contribution in [0, 0.1) is 6.92 Å². The van der Waals surface area contributed by atoms with Gasteiger partial charge in [0.1, 0.15) is 10.3 Å². The molecule has 3 N–H and O–H groups in total. The van der Waals surface area contributed by atoms with Gasteiger partial charge >= 0.3 is 5.97 Å². The molecule has 6 nitrogen and oxygen atoms in total. The first-order valence-corrected chi connectivity index (χ1v) is 7.49. The van der Waals surface area contributed by atoms with E-state index in [0.717, 1.165) is 16.9 Å². The fourth-order valence-corrected chi connectivity index (χ4v) is 4.40. The van der Waals surface area contributed by atoms with Gasteiger partial charge in [-0.2, -0.15) is 4.72 Å². The number of halogens is 1. The molecule has 0 bridgehead atoms. The van der Waals surface area contributed by atoms with Crippen molar-refractivity contribution < 1.29 is 23.4 Å². The van der Waals surface area contributed by atoms with E-state index < -0.39 is 28.6 Å². The van der Waals surface area contributed by atoms with Gasteiger partial charge < -0.3 is 10.2 Å². The summed E-state index contributed by atoms with van der Waals surface area (Å²) in [5.41, 5.74) is 0.742. The third-order valence-corrected chi connectivity index (χ3v) is 5.96. The predicted molar refractivity (Wildman–Crippen MR) is 65.6 cm³/mol. The lowest BCUT2D eigenvalue weighted by Crippen LogP contribution is -2.42. The summed E-state index contributed by atoms with van der Waals surface area (Å²) in [6, 6.07) is -0.117. The molecule has 0 unspecified atom stereocenters. The maximum Gasteiger partial charge on any atom is 0.324 e. The number of aliphatic hydroxyl groups is 1. The second-order valence-corrected chi connectivity index (χ2v) is 7.53. The number of aliphatic carboxylic acids is 1. The number of aliphatic hydroxyl groups excluding tert-OH is 1. The summed E-state index contributed by atoms with van der Waals surface area (Å²) in [5, 5.41) is 17.4. The highest BCUT2D eigenvalue weighted by molar-refractivity contribution is 9.11. The Morgan fingerprint density at radius 3 is 2.59 bits per heavy atom. The van der Waals surface area contributed by atoms with Crippen molar-refractivity contribution in [2.75, 3.05) is 6.61 Å². The van der Waals surface area contributed by atoms with Crippen molar-refractivity contribution >= 4 is 43.3 Å². The molecule has 0 radical (unpaired) electrons. The first-order valence-electron chi connectivity index (χ1n) is 4.40. The van der Waals surface area contributed by atoms with E-state index in [1.165, 1.54) is 6.07 Å². The van der Waals surface area contributed by atoms with Crippen molar-refractivity contribution in [2.24, 2.45) is 0 Å². The van der Waals surface area contributed by atoms with E-state index in [-0.39, 0.29) is 4.21 Å². The molecule has 0 aliphatic carbocycles. The van der Waals surface area contributed by atoms with E-state index in [2.05, 4.69) is 15.9 Å². The predicted octanol–water partition coefficient (Wildman–Crippen LogP) is 0.543. The minimum atomic E-state index is -3.92. The highest BCUT2D eigenvalue weighted by Crippen LogP contribution is 2.30. The van der Waals surface area contributed by atoms with Gasteiger partial charge in [0.05, 0.1) is 10.4 Å². The van der Waals surface area contributed by atoms with Gasteiger partial charge in [-0.15, -0.1) is 11.3 Å². The molecule has 0 saturated carbocycles. The quantitative estimate of drug-likeness (QED) is 0.723. The van der Waals surface area contributed by atoms with Crippen LogP contribution in [-0.4, -0.2) is 37.2 Å². The van der Waals surface area contributed by atoms with E-state index in [0.29, 0.717) is 3.79 Å². The van der Waals surface area contributed by atoms with Crippen LogP contribution in [0.2, 0.25) is 0 Å². The smallest absolute Gasteiger partial charge is 0.324 e. The molecule has 1 aromatic heterocycles. The molecule has 0 aliphatic heterocycles. The molecule has 1 heterocycles. The third kappa shape index (κ3) is 3.49. The molecule has 9 heteroatoms. The molecule has 0 saturated heterocycles. The van der Waals surface area contributed by atoms with Crippen molar-refractivity contribution in [1.29, 1.82) is 0 Å². The first kappa shape index (κ1) is 14.6. The lowest BCUT2D eigenvalue weighted by atomic mass is 10.3. The molecule has 0 amide bonds. The Bertz CT molecular complexity index is 505. The Balaban J connectivity index is 3.00. The fraction of sp³-hybridized carbons (Fsp3) is 0.375. The van der Waals surface area contributed by atoms with Crippen molar-refractivity contribution in [2.45, 2.75) is 17.2 Å². The van der Waals surface area contributed by atoms with Crippen molar-refractivity contribution in [3.63, 3.8) is 0 Å². The average Bonchev–Trinajstić information content (AvgIpc) is 2.56. The van der Waals surface area contributed by atoms with E-state index in [9.17, 15) is 13.2 Å². The van der Waals surface area contributed by atoms with Crippen molar-refractivity contribution in [3.05, 3.63) is 15.4 Å². The molecule has 1 atom stereocenters. The van der Waals surface area contributed by atoms with Gasteiger partial charge in [-0.25, -0.2) is 8.42 Å². The van der Waals surface area contributed by atoms with Crippen LogP contribution in [-0.2, 0) is 14.8 Å². The normalized spacial score (nSPS) is 13.6. The molecule has 0 aliphatic rings.